The van der Waals surface area contributed by atoms with Gasteiger partial charge < -0.3 is 14.6 Å². The van der Waals surface area contributed by atoms with Crippen LogP contribution in [0.1, 0.15) is 25.3 Å². The second-order valence-electron chi connectivity index (χ2n) is 8.73. The lowest BCUT2D eigenvalue weighted by molar-refractivity contribution is 0.0196. The Morgan fingerprint density at radius 1 is 1.07 bits per heavy atom. The van der Waals surface area contributed by atoms with E-state index in [-0.39, 0.29) is 18.8 Å². The van der Waals surface area contributed by atoms with Gasteiger partial charge in [-0.25, -0.2) is 0 Å². The Bertz CT molecular complexity index is 793. The Hall–Kier alpha value is -0.893. The van der Waals surface area contributed by atoms with E-state index in [0.29, 0.717) is 11.5 Å². The Morgan fingerprint density at radius 2 is 1.79 bits per heavy atom. The summed E-state index contributed by atoms with van der Waals surface area (Å²) in [6.07, 6.45) is 3.18. The first-order valence-electron chi connectivity index (χ1n) is 10.5. The molecule has 1 aliphatic heterocycles. The molecule has 0 aliphatic carbocycles. The Kier molecular flexibility index (Phi) is 7.81. The molecule has 3 nitrogen and oxygen atoms in total. The minimum Gasteiger partial charge on any atom is -0.497 e. The fraction of sp³-hybridized carbons (Fsp3) is 0.500. The molecular weight excluding hydrogens is 491 g/mol. The average Bonchev–Trinajstić information content (AvgIpc) is 3.02. The smallest absolute Gasteiger partial charge is 0.118 e. The van der Waals surface area contributed by atoms with Crippen molar-refractivity contribution in [3.63, 3.8) is 0 Å². The SMILES string of the molecule is COc1ccc([Si](C)(C)[C@@H]2[C@@H](C)[C@@H](CCc3cccc(I)c3)O[C@H]2CCO)cc1. The standard InChI is InChI=1S/C24H33IO3Si/c1-17-22(13-8-18-6-5-7-19(25)16-18)28-23(14-15-26)24(17)29(3,4)21-11-9-20(27-2)10-12-21/h5-7,9-12,16-17,22-24,26H,8,13-15H2,1-4H3/t17-,22+,23-,24+/m0/s1. The van der Waals surface area contributed by atoms with E-state index in [1.807, 2.05) is 0 Å². The lowest BCUT2D eigenvalue weighted by Crippen LogP contribution is -2.50. The fourth-order valence-electron chi connectivity index (χ4n) is 5.05. The molecule has 4 atom stereocenters. The zero-order chi connectivity index (χ0) is 21.0. The van der Waals surface area contributed by atoms with Crippen molar-refractivity contribution in [2.75, 3.05) is 13.7 Å². The Morgan fingerprint density at radius 3 is 2.41 bits per heavy atom. The van der Waals surface area contributed by atoms with Crippen LogP contribution in [0.5, 0.6) is 5.75 Å². The van der Waals surface area contributed by atoms with Crippen molar-refractivity contribution >= 4 is 35.9 Å². The largest absolute Gasteiger partial charge is 0.497 e. The zero-order valence-electron chi connectivity index (χ0n) is 17.9. The zero-order valence-corrected chi connectivity index (χ0v) is 21.1. The summed E-state index contributed by atoms with van der Waals surface area (Å²) >= 11 is 2.37. The van der Waals surface area contributed by atoms with E-state index >= 15 is 0 Å². The molecule has 2 aromatic rings. The van der Waals surface area contributed by atoms with Crippen molar-refractivity contribution in [1.82, 2.24) is 0 Å². The number of aliphatic hydroxyl groups is 1. The topological polar surface area (TPSA) is 38.7 Å². The van der Waals surface area contributed by atoms with Crippen LogP contribution in [0.3, 0.4) is 0 Å². The maximum absolute atomic E-state index is 9.68. The van der Waals surface area contributed by atoms with Crippen LogP contribution in [0.4, 0.5) is 0 Å². The summed E-state index contributed by atoms with van der Waals surface area (Å²) in [5.74, 6) is 1.38. The highest BCUT2D eigenvalue weighted by Crippen LogP contribution is 2.46. The number of halogens is 1. The predicted molar refractivity (Wildman–Crippen MR) is 131 cm³/mol. The summed E-state index contributed by atoms with van der Waals surface area (Å²) in [4.78, 5) is 0. The van der Waals surface area contributed by atoms with Crippen molar-refractivity contribution in [2.45, 2.75) is 57.0 Å². The molecule has 0 bridgehead atoms. The van der Waals surface area contributed by atoms with E-state index in [2.05, 4.69) is 91.1 Å². The molecule has 1 saturated heterocycles. The second-order valence-corrected chi connectivity index (χ2v) is 14.7. The molecule has 0 aromatic heterocycles. The first-order chi connectivity index (χ1) is 13.9. The third kappa shape index (κ3) is 5.24. The third-order valence-corrected chi connectivity index (χ3v) is 11.6. The highest BCUT2D eigenvalue weighted by molar-refractivity contribution is 14.1. The summed E-state index contributed by atoms with van der Waals surface area (Å²) in [6, 6.07) is 17.3. The van der Waals surface area contributed by atoms with Gasteiger partial charge in [-0.1, -0.05) is 49.5 Å². The van der Waals surface area contributed by atoms with Gasteiger partial charge in [-0.2, -0.15) is 0 Å². The summed E-state index contributed by atoms with van der Waals surface area (Å²) in [5.41, 5.74) is 1.87. The van der Waals surface area contributed by atoms with Crippen molar-refractivity contribution < 1.29 is 14.6 Å². The number of benzene rings is 2. The lowest BCUT2D eigenvalue weighted by Gasteiger charge is -2.36. The van der Waals surface area contributed by atoms with Gasteiger partial charge in [-0.15, -0.1) is 0 Å². The van der Waals surface area contributed by atoms with Crippen LogP contribution in [0.25, 0.3) is 0 Å². The lowest BCUT2D eigenvalue weighted by atomic mass is 9.95. The first kappa shape index (κ1) is 22.8. The van der Waals surface area contributed by atoms with Crippen molar-refractivity contribution in [3.05, 3.63) is 57.7 Å². The van der Waals surface area contributed by atoms with Crippen LogP contribution in [-0.2, 0) is 11.2 Å². The number of aryl methyl sites for hydroxylation is 1. The summed E-state index contributed by atoms with van der Waals surface area (Å²) in [5, 5.41) is 11.1. The van der Waals surface area contributed by atoms with E-state index in [1.165, 1.54) is 14.3 Å². The molecule has 1 heterocycles. The van der Waals surface area contributed by atoms with Gasteiger partial charge >= 0.3 is 0 Å². The molecule has 1 fully saturated rings. The van der Waals surface area contributed by atoms with Gasteiger partial charge in [0.1, 0.15) is 5.75 Å². The van der Waals surface area contributed by atoms with Crippen LogP contribution < -0.4 is 9.92 Å². The van der Waals surface area contributed by atoms with Gasteiger partial charge in [0.2, 0.25) is 0 Å². The second kappa shape index (κ2) is 9.94. The highest BCUT2D eigenvalue weighted by Gasteiger charge is 2.50. The molecule has 29 heavy (non-hydrogen) atoms. The maximum atomic E-state index is 9.68. The van der Waals surface area contributed by atoms with E-state index in [9.17, 15) is 5.11 Å². The van der Waals surface area contributed by atoms with Crippen LogP contribution >= 0.6 is 22.6 Å². The van der Waals surface area contributed by atoms with E-state index in [4.69, 9.17) is 9.47 Å². The van der Waals surface area contributed by atoms with Crippen LogP contribution in [0, 0.1) is 9.49 Å². The summed E-state index contributed by atoms with van der Waals surface area (Å²) in [6.45, 7) is 7.45. The van der Waals surface area contributed by atoms with Gasteiger partial charge in [0, 0.05) is 10.2 Å². The maximum Gasteiger partial charge on any atom is 0.118 e. The first-order valence-corrected chi connectivity index (χ1v) is 14.7. The van der Waals surface area contributed by atoms with Gasteiger partial charge in [0.05, 0.1) is 27.4 Å². The Balaban J connectivity index is 1.78. The minimum atomic E-state index is -1.80. The van der Waals surface area contributed by atoms with Gasteiger partial charge in [0.15, 0.2) is 0 Å². The average molecular weight is 525 g/mol. The molecular formula is C24H33IO3Si. The number of ether oxygens (including phenoxy) is 2. The van der Waals surface area contributed by atoms with Crippen LogP contribution in [0.15, 0.2) is 48.5 Å². The van der Waals surface area contributed by atoms with Crippen LogP contribution in [0.2, 0.25) is 18.6 Å². The molecule has 0 spiro atoms. The van der Waals surface area contributed by atoms with Gasteiger partial charge in [-0.3, -0.25) is 0 Å². The van der Waals surface area contributed by atoms with Crippen molar-refractivity contribution in [2.24, 2.45) is 5.92 Å². The quantitative estimate of drug-likeness (QED) is 0.390. The molecule has 0 saturated carbocycles. The molecule has 158 valence electrons. The molecule has 0 radical (unpaired) electrons. The Labute approximate surface area is 190 Å². The van der Waals surface area contributed by atoms with Crippen molar-refractivity contribution in [1.29, 1.82) is 0 Å². The third-order valence-electron chi connectivity index (χ3n) is 6.59. The molecule has 0 amide bonds. The van der Waals surface area contributed by atoms with Gasteiger partial charge in [0.25, 0.3) is 0 Å². The van der Waals surface area contributed by atoms with E-state index in [0.717, 1.165) is 25.0 Å². The molecule has 3 rings (SSSR count). The molecule has 1 N–H and O–H groups in total. The van der Waals surface area contributed by atoms with E-state index in [1.54, 1.807) is 7.11 Å². The molecule has 1 aliphatic rings. The highest BCUT2D eigenvalue weighted by atomic mass is 127. The van der Waals surface area contributed by atoms with Gasteiger partial charge in [-0.05, 0) is 83.1 Å². The predicted octanol–water partition coefficient (Wildman–Crippen LogP) is 5.00. The number of aliphatic hydroxyl groups excluding tert-OH is 1. The number of hydrogen-bond acceptors (Lipinski definition) is 3. The minimum absolute atomic E-state index is 0.139. The van der Waals surface area contributed by atoms with E-state index < -0.39 is 8.07 Å². The monoisotopic (exact) mass is 524 g/mol. The fourth-order valence-corrected chi connectivity index (χ4v) is 9.77. The number of rotatable bonds is 8. The summed E-state index contributed by atoms with van der Waals surface area (Å²) in [7, 11) is -0.0889. The number of methoxy groups -OCH3 is 1. The number of hydrogen-bond donors (Lipinski definition) is 1. The molecule has 0 unspecified atom stereocenters. The molecule has 5 heteroatoms. The van der Waals surface area contributed by atoms with Crippen LogP contribution in [-0.4, -0.2) is 39.1 Å². The normalized spacial score (nSPS) is 24.6. The summed E-state index contributed by atoms with van der Waals surface area (Å²) < 4.78 is 13.2. The molecule has 2 aromatic carbocycles. The van der Waals surface area contributed by atoms with Crippen molar-refractivity contribution in [3.8, 4) is 5.75 Å².